The van der Waals surface area contributed by atoms with Crippen molar-refractivity contribution in [3.8, 4) is 0 Å². The molecule has 3 rings (SSSR count). The minimum atomic E-state index is -2.27. The van der Waals surface area contributed by atoms with Crippen molar-refractivity contribution in [2.45, 2.75) is 147 Å². The molecular weight excluding hydrogens is 577 g/mol. The van der Waals surface area contributed by atoms with Gasteiger partial charge in [-0.05, 0) is 60.0 Å². The fourth-order valence-electron chi connectivity index (χ4n) is 5.00. The lowest BCUT2D eigenvalue weighted by atomic mass is 9.79. The van der Waals surface area contributed by atoms with Gasteiger partial charge in [0.25, 0.3) is 0 Å². The lowest BCUT2D eigenvalue weighted by Crippen LogP contribution is -2.64. The van der Waals surface area contributed by atoms with Gasteiger partial charge in [0, 0.05) is 11.8 Å². The summed E-state index contributed by atoms with van der Waals surface area (Å²) in [5.41, 5.74) is 0.892. The Kier molecular flexibility index (Phi) is 10.7. The molecule has 6 nitrogen and oxygen atoms in total. The van der Waals surface area contributed by atoms with Crippen LogP contribution < -0.4 is 0 Å². The van der Waals surface area contributed by atoms with Crippen LogP contribution in [0.3, 0.4) is 0 Å². The fraction of sp³-hybridized carbons (Fsp3) is 0.818. The van der Waals surface area contributed by atoms with Gasteiger partial charge < -0.3 is 27.9 Å². The fourth-order valence-corrected chi connectivity index (χ4v) is 8.66. The van der Waals surface area contributed by atoms with Crippen molar-refractivity contribution >= 4 is 25.0 Å². The van der Waals surface area contributed by atoms with E-state index >= 15 is 0 Å². The smallest absolute Gasteiger partial charge is 0.192 e. The van der Waals surface area contributed by atoms with Gasteiger partial charge in [-0.2, -0.15) is 0 Å². The number of ether oxygens (including phenoxy) is 2. The van der Waals surface area contributed by atoms with Crippen LogP contribution in [0.4, 0.5) is 0 Å². The number of hydrogen-bond donors (Lipinski definition) is 1. The summed E-state index contributed by atoms with van der Waals surface area (Å²) in [5, 5.41) is 11.8. The van der Waals surface area contributed by atoms with E-state index in [1.807, 2.05) is 30.3 Å². The molecular formula is C33H62O6Si3. The lowest BCUT2D eigenvalue weighted by Gasteiger charge is -2.53. The first-order valence-electron chi connectivity index (χ1n) is 15.9. The van der Waals surface area contributed by atoms with Crippen molar-refractivity contribution in [1.82, 2.24) is 0 Å². The molecule has 7 atom stereocenters. The molecule has 242 valence electrons. The molecule has 0 aliphatic carbocycles. The molecule has 2 saturated heterocycles. The van der Waals surface area contributed by atoms with Crippen LogP contribution in [0.1, 0.15) is 74.0 Å². The van der Waals surface area contributed by atoms with Gasteiger partial charge >= 0.3 is 0 Å². The van der Waals surface area contributed by atoms with Gasteiger partial charge in [-0.25, -0.2) is 0 Å². The summed E-state index contributed by atoms with van der Waals surface area (Å²) in [6, 6.07) is 9.91. The SMILES string of the molecule is CC(C)(C)[Si](C)(C)OC[C@H]1O[C@@H]2OC[C@@H]([C@@H](O)c3ccccc3)[C@@H]2[C@@H](O[Si](C)(C)C(C)(C)C)[C@@H]1O[Si](C)(C)C(C)(C)C. The molecule has 9 heteroatoms. The van der Waals surface area contributed by atoms with Crippen molar-refractivity contribution in [3.63, 3.8) is 0 Å². The average Bonchev–Trinajstić information content (AvgIpc) is 3.26. The highest BCUT2D eigenvalue weighted by Crippen LogP contribution is 2.50. The highest BCUT2D eigenvalue weighted by molar-refractivity contribution is 6.75. The first-order valence-corrected chi connectivity index (χ1v) is 24.6. The lowest BCUT2D eigenvalue weighted by molar-refractivity contribution is -0.254. The second-order valence-electron chi connectivity index (χ2n) is 17.2. The van der Waals surface area contributed by atoms with E-state index in [-0.39, 0.29) is 45.3 Å². The summed E-state index contributed by atoms with van der Waals surface area (Å²) < 4.78 is 34.7. The van der Waals surface area contributed by atoms with Crippen LogP contribution in [0.5, 0.6) is 0 Å². The predicted molar refractivity (Wildman–Crippen MR) is 180 cm³/mol. The Balaban J connectivity index is 2.11. The van der Waals surface area contributed by atoms with E-state index in [0.717, 1.165) is 5.56 Å². The number of rotatable bonds is 9. The maximum absolute atomic E-state index is 11.7. The van der Waals surface area contributed by atoms with E-state index in [2.05, 4.69) is 102 Å². The van der Waals surface area contributed by atoms with Crippen molar-refractivity contribution in [1.29, 1.82) is 0 Å². The minimum Gasteiger partial charge on any atom is -0.414 e. The summed E-state index contributed by atoms with van der Waals surface area (Å²) in [5.74, 6) is -0.354. The van der Waals surface area contributed by atoms with Gasteiger partial charge in [0.1, 0.15) is 6.10 Å². The number of fused-ring (bicyclic) bond motifs is 1. The molecule has 1 aromatic carbocycles. The molecule has 0 saturated carbocycles. The first-order chi connectivity index (χ1) is 18.9. The van der Waals surface area contributed by atoms with E-state index in [0.29, 0.717) is 13.2 Å². The van der Waals surface area contributed by atoms with Gasteiger partial charge in [0.15, 0.2) is 31.2 Å². The monoisotopic (exact) mass is 638 g/mol. The molecule has 42 heavy (non-hydrogen) atoms. The molecule has 0 amide bonds. The van der Waals surface area contributed by atoms with E-state index in [1.165, 1.54) is 0 Å². The van der Waals surface area contributed by atoms with E-state index in [9.17, 15) is 5.11 Å². The second-order valence-corrected chi connectivity index (χ2v) is 31.6. The molecule has 0 aromatic heterocycles. The quantitative estimate of drug-likeness (QED) is 0.274. The van der Waals surface area contributed by atoms with Gasteiger partial charge in [0.2, 0.25) is 0 Å². The summed E-state index contributed by atoms with van der Waals surface area (Å²) in [7, 11) is -6.58. The normalized spacial score (nSPS) is 29.0. The van der Waals surface area contributed by atoms with Gasteiger partial charge in [-0.15, -0.1) is 0 Å². The third-order valence-electron chi connectivity index (χ3n) is 11.1. The van der Waals surface area contributed by atoms with E-state index < -0.39 is 37.3 Å². The first kappa shape index (κ1) is 36.1. The Hall–Kier alpha value is -0.369. The second kappa shape index (κ2) is 12.4. The standard InChI is InChI=1S/C33H62O6Si3/c1-31(2,3)40(10,11)36-22-25-28(38-41(12,13)32(4,5)6)29(39-42(14,15)33(7,8)9)26-24(21-35-30(26)37-25)27(34)23-19-17-16-18-20-23/h16-20,24-30,34H,21-22H2,1-15H3/t24-,25-,26-,27+,28-,29-,30+/m1/s1. The zero-order valence-electron chi connectivity index (χ0n) is 29.3. The number of hydrogen-bond acceptors (Lipinski definition) is 6. The molecule has 0 spiro atoms. The van der Waals surface area contributed by atoms with Crippen LogP contribution in [0.15, 0.2) is 30.3 Å². The zero-order chi connectivity index (χ0) is 32.1. The van der Waals surface area contributed by atoms with Crippen LogP contribution in [-0.2, 0) is 22.8 Å². The molecule has 2 heterocycles. The molecule has 2 fully saturated rings. The van der Waals surface area contributed by atoms with Crippen LogP contribution in [-0.4, -0.2) is 67.9 Å². The third kappa shape index (κ3) is 7.70. The third-order valence-corrected chi connectivity index (χ3v) is 24.5. The molecule has 2 aliphatic rings. The molecule has 1 N–H and O–H groups in total. The van der Waals surface area contributed by atoms with Gasteiger partial charge in [-0.3, -0.25) is 0 Å². The van der Waals surface area contributed by atoms with Crippen molar-refractivity contribution in [3.05, 3.63) is 35.9 Å². The topological polar surface area (TPSA) is 66.4 Å². The van der Waals surface area contributed by atoms with Crippen LogP contribution in [0.2, 0.25) is 54.4 Å². The average molecular weight is 639 g/mol. The van der Waals surface area contributed by atoms with E-state index in [1.54, 1.807) is 0 Å². The van der Waals surface area contributed by atoms with Crippen molar-refractivity contribution in [2.75, 3.05) is 13.2 Å². The van der Waals surface area contributed by atoms with Crippen molar-refractivity contribution in [2.24, 2.45) is 11.8 Å². The highest BCUT2D eigenvalue weighted by atomic mass is 28.4. The van der Waals surface area contributed by atoms with E-state index in [4.69, 9.17) is 22.8 Å². The Morgan fingerprint density at radius 3 is 1.71 bits per heavy atom. The summed E-state index contributed by atoms with van der Waals surface area (Å²) in [4.78, 5) is 0. The summed E-state index contributed by atoms with van der Waals surface area (Å²) >= 11 is 0. The van der Waals surface area contributed by atoms with Crippen LogP contribution in [0, 0.1) is 11.8 Å². The predicted octanol–water partition coefficient (Wildman–Crippen LogP) is 8.51. The highest BCUT2D eigenvalue weighted by Gasteiger charge is 2.59. The number of benzene rings is 1. The Morgan fingerprint density at radius 2 is 1.24 bits per heavy atom. The molecule has 1 aromatic rings. The number of aliphatic hydroxyl groups is 1. The zero-order valence-corrected chi connectivity index (χ0v) is 32.3. The maximum Gasteiger partial charge on any atom is 0.192 e. The minimum absolute atomic E-state index is 0.00245. The molecule has 0 bridgehead atoms. The van der Waals surface area contributed by atoms with Crippen molar-refractivity contribution < 1.29 is 27.9 Å². The summed E-state index contributed by atoms with van der Waals surface area (Å²) in [6.07, 6.45) is -2.15. The summed E-state index contributed by atoms with van der Waals surface area (Å²) in [6.45, 7) is 35.1. The van der Waals surface area contributed by atoms with Crippen LogP contribution in [0.25, 0.3) is 0 Å². The molecule has 0 radical (unpaired) electrons. The van der Waals surface area contributed by atoms with Gasteiger partial charge in [-0.1, -0.05) is 92.6 Å². The molecule has 0 unspecified atom stereocenters. The Labute approximate surface area is 260 Å². The maximum atomic E-state index is 11.7. The largest absolute Gasteiger partial charge is 0.414 e. The van der Waals surface area contributed by atoms with Crippen LogP contribution >= 0.6 is 0 Å². The Bertz CT molecular complexity index is 1020. The Morgan fingerprint density at radius 1 is 0.762 bits per heavy atom. The molecule has 2 aliphatic heterocycles. The number of aliphatic hydroxyl groups excluding tert-OH is 1. The van der Waals surface area contributed by atoms with Gasteiger partial charge in [0.05, 0.1) is 31.5 Å².